The van der Waals surface area contributed by atoms with Gasteiger partial charge in [-0.25, -0.2) is 4.79 Å². The Morgan fingerprint density at radius 2 is 2.26 bits per heavy atom. The molecule has 2 N–H and O–H groups in total. The molecule has 0 aliphatic rings. The Balaban J connectivity index is 2.21. The number of carboxylic acid groups (broad SMARTS) is 1. The van der Waals surface area contributed by atoms with Gasteiger partial charge >= 0.3 is 5.97 Å². The van der Waals surface area contributed by atoms with E-state index in [1.165, 1.54) is 16.0 Å². The molecule has 2 aromatic heterocycles. The molecule has 6 nitrogen and oxygen atoms in total. The highest BCUT2D eigenvalue weighted by Gasteiger charge is 2.24. The minimum atomic E-state index is -1.09. The summed E-state index contributed by atoms with van der Waals surface area (Å²) in [5.41, 5.74) is 0.945. The number of carboxylic acids is 1. The number of aromatic nitrogens is 2. The largest absolute Gasteiger partial charge is 0.479 e. The van der Waals surface area contributed by atoms with Crippen LogP contribution < -0.4 is 5.32 Å². The average Bonchev–Trinajstić information content (AvgIpc) is 2.95. The van der Waals surface area contributed by atoms with Gasteiger partial charge in [-0.2, -0.15) is 5.10 Å². The van der Waals surface area contributed by atoms with Crippen LogP contribution >= 0.6 is 11.3 Å². The van der Waals surface area contributed by atoms with Crippen LogP contribution in [0.3, 0.4) is 0 Å². The lowest BCUT2D eigenvalue weighted by atomic mass is 10.2. The zero-order valence-corrected chi connectivity index (χ0v) is 11.3. The Bertz CT molecular complexity index is 604. The molecule has 100 valence electrons. The van der Waals surface area contributed by atoms with Crippen molar-refractivity contribution in [3.63, 3.8) is 0 Å². The third-order valence-electron chi connectivity index (χ3n) is 2.61. The summed E-state index contributed by atoms with van der Waals surface area (Å²) in [7, 11) is 1.71. The topological polar surface area (TPSA) is 84.2 Å². The van der Waals surface area contributed by atoms with E-state index in [1.807, 2.05) is 0 Å². The SMILES string of the molecule is Cc1nn(C)cc1C(=O)NC(C(=O)O)c1cccs1. The number of thiophene rings is 1. The molecule has 1 atom stereocenters. The summed E-state index contributed by atoms with van der Waals surface area (Å²) in [5, 5.41) is 17.5. The van der Waals surface area contributed by atoms with Crippen LogP contribution in [0.4, 0.5) is 0 Å². The Labute approximate surface area is 113 Å². The summed E-state index contributed by atoms with van der Waals surface area (Å²) < 4.78 is 1.52. The van der Waals surface area contributed by atoms with Crippen LogP contribution in [0.25, 0.3) is 0 Å². The van der Waals surface area contributed by atoms with E-state index in [9.17, 15) is 14.7 Å². The Morgan fingerprint density at radius 3 is 2.74 bits per heavy atom. The molecule has 2 aromatic rings. The van der Waals surface area contributed by atoms with Crippen molar-refractivity contribution in [2.75, 3.05) is 0 Å². The van der Waals surface area contributed by atoms with Crippen molar-refractivity contribution in [1.82, 2.24) is 15.1 Å². The monoisotopic (exact) mass is 279 g/mol. The van der Waals surface area contributed by atoms with Crippen molar-refractivity contribution in [3.8, 4) is 0 Å². The fourth-order valence-electron chi connectivity index (χ4n) is 1.74. The van der Waals surface area contributed by atoms with Gasteiger partial charge < -0.3 is 10.4 Å². The van der Waals surface area contributed by atoms with Gasteiger partial charge in [0.05, 0.1) is 11.3 Å². The number of hydrogen-bond acceptors (Lipinski definition) is 4. The molecule has 2 rings (SSSR count). The highest BCUT2D eigenvalue weighted by Crippen LogP contribution is 2.20. The predicted octanol–water partition coefficient (Wildman–Crippen LogP) is 1.35. The molecule has 0 spiro atoms. The summed E-state index contributed by atoms with van der Waals surface area (Å²) in [6.45, 7) is 1.70. The van der Waals surface area contributed by atoms with E-state index in [1.54, 1.807) is 37.7 Å². The molecule has 0 radical (unpaired) electrons. The van der Waals surface area contributed by atoms with Gasteiger partial charge in [0.25, 0.3) is 5.91 Å². The maximum atomic E-state index is 12.1. The van der Waals surface area contributed by atoms with Crippen LogP contribution in [0.2, 0.25) is 0 Å². The average molecular weight is 279 g/mol. The van der Waals surface area contributed by atoms with Crippen molar-refractivity contribution in [1.29, 1.82) is 0 Å². The van der Waals surface area contributed by atoms with E-state index in [4.69, 9.17) is 0 Å². The Kier molecular flexibility index (Phi) is 3.66. The zero-order valence-electron chi connectivity index (χ0n) is 10.5. The molecule has 0 aromatic carbocycles. The highest BCUT2D eigenvalue weighted by molar-refractivity contribution is 7.10. The maximum Gasteiger partial charge on any atom is 0.331 e. The second kappa shape index (κ2) is 5.23. The van der Waals surface area contributed by atoms with E-state index < -0.39 is 17.9 Å². The first-order chi connectivity index (χ1) is 8.99. The quantitative estimate of drug-likeness (QED) is 0.884. The van der Waals surface area contributed by atoms with E-state index in [2.05, 4.69) is 10.4 Å². The van der Waals surface area contributed by atoms with Crippen LogP contribution in [0.1, 0.15) is 27.0 Å². The number of aliphatic carboxylic acids is 1. The number of amides is 1. The fraction of sp³-hybridized carbons (Fsp3) is 0.250. The summed E-state index contributed by atoms with van der Waals surface area (Å²) in [5.74, 6) is -1.52. The van der Waals surface area contributed by atoms with E-state index >= 15 is 0 Å². The molecule has 0 saturated heterocycles. The molecule has 0 aliphatic heterocycles. The number of carbonyl (C=O) groups is 2. The smallest absolute Gasteiger partial charge is 0.331 e. The number of hydrogen-bond donors (Lipinski definition) is 2. The third-order valence-corrected chi connectivity index (χ3v) is 3.55. The molecular weight excluding hydrogens is 266 g/mol. The zero-order chi connectivity index (χ0) is 14.0. The first kappa shape index (κ1) is 13.3. The molecule has 1 unspecified atom stereocenters. The molecule has 19 heavy (non-hydrogen) atoms. The van der Waals surface area contributed by atoms with Crippen LogP contribution in [0.15, 0.2) is 23.7 Å². The summed E-state index contributed by atoms with van der Waals surface area (Å²) >= 11 is 1.29. The fourth-order valence-corrected chi connectivity index (χ4v) is 2.51. The molecular formula is C12H13N3O3S. The van der Waals surface area contributed by atoms with Crippen molar-refractivity contribution in [2.45, 2.75) is 13.0 Å². The summed E-state index contributed by atoms with van der Waals surface area (Å²) in [4.78, 5) is 23.9. The molecule has 2 heterocycles. The van der Waals surface area contributed by atoms with E-state index in [-0.39, 0.29) is 0 Å². The molecule has 0 bridgehead atoms. The first-order valence-corrected chi connectivity index (χ1v) is 6.44. The van der Waals surface area contributed by atoms with E-state index in [0.717, 1.165) is 0 Å². The Hall–Kier alpha value is -2.15. The van der Waals surface area contributed by atoms with Crippen molar-refractivity contribution < 1.29 is 14.7 Å². The number of nitrogens with one attached hydrogen (secondary N) is 1. The number of rotatable bonds is 4. The van der Waals surface area contributed by atoms with Crippen LogP contribution in [0, 0.1) is 6.92 Å². The summed E-state index contributed by atoms with van der Waals surface area (Å²) in [6.07, 6.45) is 1.57. The first-order valence-electron chi connectivity index (χ1n) is 5.56. The van der Waals surface area contributed by atoms with Crippen LogP contribution in [0.5, 0.6) is 0 Å². The van der Waals surface area contributed by atoms with Gasteiger partial charge in [-0.15, -0.1) is 11.3 Å². The van der Waals surface area contributed by atoms with Crippen LogP contribution in [-0.2, 0) is 11.8 Å². The minimum Gasteiger partial charge on any atom is -0.479 e. The molecule has 7 heteroatoms. The summed E-state index contributed by atoms with van der Waals surface area (Å²) in [6, 6.07) is 2.39. The van der Waals surface area contributed by atoms with Crippen molar-refractivity contribution in [3.05, 3.63) is 39.8 Å². The maximum absolute atomic E-state index is 12.1. The number of carbonyl (C=O) groups excluding carboxylic acids is 1. The molecule has 0 fully saturated rings. The second-order valence-electron chi connectivity index (χ2n) is 4.06. The lowest BCUT2D eigenvalue weighted by Crippen LogP contribution is -2.33. The van der Waals surface area contributed by atoms with Gasteiger partial charge in [0.15, 0.2) is 6.04 Å². The van der Waals surface area contributed by atoms with Gasteiger partial charge in [0, 0.05) is 18.1 Å². The lowest BCUT2D eigenvalue weighted by Gasteiger charge is -2.12. The van der Waals surface area contributed by atoms with E-state index in [0.29, 0.717) is 16.1 Å². The highest BCUT2D eigenvalue weighted by atomic mass is 32.1. The van der Waals surface area contributed by atoms with Gasteiger partial charge in [0.2, 0.25) is 0 Å². The molecule has 0 saturated carbocycles. The van der Waals surface area contributed by atoms with Crippen molar-refractivity contribution in [2.24, 2.45) is 7.05 Å². The Morgan fingerprint density at radius 1 is 1.53 bits per heavy atom. The van der Waals surface area contributed by atoms with Gasteiger partial charge in [-0.3, -0.25) is 9.48 Å². The normalized spacial score (nSPS) is 12.1. The lowest BCUT2D eigenvalue weighted by molar-refractivity contribution is -0.139. The predicted molar refractivity (Wildman–Crippen MR) is 70.1 cm³/mol. The number of nitrogens with zero attached hydrogens (tertiary/aromatic N) is 2. The standard InChI is InChI=1S/C12H13N3O3S/c1-7-8(6-15(2)14-7)11(16)13-10(12(17)18)9-4-3-5-19-9/h3-6,10H,1-2H3,(H,13,16)(H,17,18). The van der Waals surface area contributed by atoms with Gasteiger partial charge in [-0.05, 0) is 18.4 Å². The third kappa shape index (κ3) is 2.82. The van der Waals surface area contributed by atoms with Gasteiger partial charge in [0.1, 0.15) is 0 Å². The molecule has 0 aliphatic carbocycles. The molecule has 1 amide bonds. The minimum absolute atomic E-state index is 0.380. The van der Waals surface area contributed by atoms with Crippen molar-refractivity contribution >= 4 is 23.2 Å². The van der Waals surface area contributed by atoms with Crippen LogP contribution in [-0.4, -0.2) is 26.8 Å². The second-order valence-corrected chi connectivity index (χ2v) is 5.04. The number of aryl methyl sites for hydroxylation is 2. The van der Waals surface area contributed by atoms with Gasteiger partial charge in [-0.1, -0.05) is 6.07 Å².